The van der Waals surface area contributed by atoms with E-state index in [9.17, 15) is 4.79 Å². The summed E-state index contributed by atoms with van der Waals surface area (Å²) in [7, 11) is 0. The van der Waals surface area contributed by atoms with Crippen molar-refractivity contribution in [2.45, 2.75) is 51.1 Å². The van der Waals surface area contributed by atoms with Gasteiger partial charge in [-0.15, -0.1) is 0 Å². The number of carbonyl (C=O) groups excluding carboxylic acids is 1. The topological polar surface area (TPSA) is 66.6 Å². The van der Waals surface area contributed by atoms with Crippen LogP contribution >= 0.6 is 0 Å². The molecule has 3 aromatic carbocycles. The third-order valence-corrected chi connectivity index (χ3v) is 7.98. The lowest BCUT2D eigenvalue weighted by atomic mass is 9.87. The molecule has 1 amide bonds. The number of ether oxygens (including phenoxy) is 2. The van der Waals surface area contributed by atoms with Gasteiger partial charge in [0.2, 0.25) is 12.7 Å². The van der Waals surface area contributed by atoms with E-state index in [1.807, 2.05) is 12.1 Å². The number of nitrogens with zero attached hydrogens (tertiary/aromatic N) is 1. The van der Waals surface area contributed by atoms with Gasteiger partial charge in [0.1, 0.15) is 0 Å². The van der Waals surface area contributed by atoms with Gasteiger partial charge in [-0.05, 0) is 53.6 Å². The average Bonchev–Trinajstić information content (AvgIpc) is 3.60. The van der Waals surface area contributed by atoms with E-state index in [1.54, 1.807) is 0 Å². The van der Waals surface area contributed by atoms with Crippen LogP contribution in [0.3, 0.4) is 0 Å². The molecule has 4 aromatic rings. The lowest BCUT2D eigenvalue weighted by Gasteiger charge is -2.32. The second kappa shape index (κ2) is 10.9. The molecule has 1 fully saturated rings. The van der Waals surface area contributed by atoms with Crippen molar-refractivity contribution in [1.29, 1.82) is 0 Å². The first-order valence-corrected chi connectivity index (χ1v) is 13.7. The van der Waals surface area contributed by atoms with Gasteiger partial charge in [-0.1, -0.05) is 61.5 Å². The highest BCUT2D eigenvalue weighted by atomic mass is 16.7. The third-order valence-electron chi connectivity index (χ3n) is 7.98. The van der Waals surface area contributed by atoms with Crippen molar-refractivity contribution in [3.63, 3.8) is 0 Å². The van der Waals surface area contributed by atoms with Crippen molar-refractivity contribution < 1.29 is 14.3 Å². The zero-order valence-electron chi connectivity index (χ0n) is 21.9. The number of H-pyrrole nitrogens is 1. The van der Waals surface area contributed by atoms with Crippen molar-refractivity contribution in [1.82, 2.24) is 15.2 Å². The Kier molecular flexibility index (Phi) is 7.06. The number of amides is 1. The van der Waals surface area contributed by atoms with Crippen molar-refractivity contribution in [3.8, 4) is 11.5 Å². The summed E-state index contributed by atoms with van der Waals surface area (Å²) in [5, 5.41) is 4.53. The molecule has 1 aromatic heterocycles. The van der Waals surface area contributed by atoms with Crippen molar-refractivity contribution >= 4 is 16.8 Å². The lowest BCUT2D eigenvalue weighted by Crippen LogP contribution is -2.44. The largest absolute Gasteiger partial charge is 0.454 e. The van der Waals surface area contributed by atoms with Gasteiger partial charge in [0.05, 0.1) is 0 Å². The number of piperidine rings is 1. The molecule has 38 heavy (non-hydrogen) atoms. The highest BCUT2D eigenvalue weighted by Crippen LogP contribution is 2.40. The molecular formula is C32H35N3O3. The Labute approximate surface area is 224 Å². The molecule has 0 radical (unpaired) electrons. The molecule has 0 bridgehead atoms. The number of aromatic amines is 1. The summed E-state index contributed by atoms with van der Waals surface area (Å²) in [6, 6.07) is 23.3. The average molecular weight is 510 g/mol. The number of hydrogen-bond donors (Lipinski definition) is 2. The Morgan fingerprint density at radius 2 is 1.84 bits per heavy atom. The number of carbonyl (C=O) groups is 1. The fraction of sp³-hybridized carbons (Fsp3) is 0.344. The molecular weight excluding hydrogens is 474 g/mol. The number of rotatable bonds is 8. The molecule has 1 saturated heterocycles. The van der Waals surface area contributed by atoms with Gasteiger partial charge in [0.15, 0.2) is 11.5 Å². The number of hydrogen-bond acceptors (Lipinski definition) is 4. The molecule has 1 unspecified atom stereocenters. The van der Waals surface area contributed by atoms with Gasteiger partial charge < -0.3 is 19.8 Å². The van der Waals surface area contributed by atoms with Crippen LogP contribution in [-0.4, -0.2) is 41.7 Å². The summed E-state index contributed by atoms with van der Waals surface area (Å²) in [6.07, 6.45) is 5.36. The van der Waals surface area contributed by atoms with E-state index in [2.05, 4.69) is 82.9 Å². The van der Waals surface area contributed by atoms with Crippen LogP contribution in [0, 0.1) is 0 Å². The summed E-state index contributed by atoms with van der Waals surface area (Å²) in [5.41, 5.74) is 5.98. The van der Waals surface area contributed by atoms with Crippen molar-refractivity contribution in [2.75, 3.05) is 19.9 Å². The van der Waals surface area contributed by atoms with E-state index in [1.165, 1.54) is 16.5 Å². The lowest BCUT2D eigenvalue weighted by molar-refractivity contribution is -0.122. The molecule has 6 rings (SSSR count). The Bertz CT molecular complexity index is 1410. The van der Waals surface area contributed by atoms with Crippen LogP contribution in [0.15, 0.2) is 72.9 Å². The summed E-state index contributed by atoms with van der Waals surface area (Å²) in [6.45, 7) is 5.36. The number of aryl methyl sites for hydroxylation is 1. The van der Waals surface area contributed by atoms with E-state index in [0.29, 0.717) is 6.42 Å². The molecule has 6 heteroatoms. The van der Waals surface area contributed by atoms with E-state index in [4.69, 9.17) is 9.47 Å². The van der Waals surface area contributed by atoms with E-state index < -0.39 is 0 Å². The predicted octanol–water partition coefficient (Wildman–Crippen LogP) is 5.76. The minimum absolute atomic E-state index is 0.0928. The van der Waals surface area contributed by atoms with Gasteiger partial charge in [-0.3, -0.25) is 9.69 Å². The normalized spacial score (nSPS) is 16.6. The standard InChI is InChI=1S/C32H35N3O3/c1-2-23-9-6-10-26-28(19-33-32(23)26)27(24-11-12-29-30(17-24)38-21-37-29)18-31(36)34-25-13-15-35(16-14-25)20-22-7-4-3-5-8-22/h3-12,17,19,25,27,33H,2,13-16,18,20-21H2,1H3,(H,34,36). The summed E-state index contributed by atoms with van der Waals surface area (Å²) in [4.78, 5) is 19.4. The highest BCUT2D eigenvalue weighted by molar-refractivity contribution is 5.88. The molecule has 0 aliphatic carbocycles. The Balaban J connectivity index is 1.18. The molecule has 0 saturated carbocycles. The van der Waals surface area contributed by atoms with Gasteiger partial charge in [0.25, 0.3) is 0 Å². The van der Waals surface area contributed by atoms with E-state index in [-0.39, 0.29) is 24.7 Å². The van der Waals surface area contributed by atoms with Gasteiger partial charge in [0, 0.05) is 55.1 Å². The second-order valence-electron chi connectivity index (χ2n) is 10.4. The predicted molar refractivity (Wildman–Crippen MR) is 150 cm³/mol. The zero-order chi connectivity index (χ0) is 25.9. The van der Waals surface area contributed by atoms with E-state index >= 15 is 0 Å². The quantitative estimate of drug-likeness (QED) is 0.317. The van der Waals surface area contributed by atoms with Crippen LogP contribution in [0.5, 0.6) is 11.5 Å². The van der Waals surface area contributed by atoms with Crippen LogP contribution in [0.4, 0.5) is 0 Å². The number of fused-ring (bicyclic) bond motifs is 2. The zero-order valence-corrected chi connectivity index (χ0v) is 21.9. The maximum absolute atomic E-state index is 13.5. The number of benzene rings is 3. The van der Waals surface area contributed by atoms with Crippen molar-refractivity contribution in [3.05, 3.63) is 95.2 Å². The molecule has 6 nitrogen and oxygen atoms in total. The molecule has 196 valence electrons. The molecule has 2 aliphatic rings. The number of para-hydroxylation sites is 1. The number of likely N-dealkylation sites (tertiary alicyclic amines) is 1. The number of aromatic nitrogens is 1. The van der Waals surface area contributed by atoms with Crippen LogP contribution in [0.2, 0.25) is 0 Å². The minimum Gasteiger partial charge on any atom is -0.454 e. The Morgan fingerprint density at radius 3 is 2.66 bits per heavy atom. The van der Waals surface area contributed by atoms with Gasteiger partial charge in [-0.2, -0.15) is 0 Å². The Hall–Kier alpha value is -3.77. The highest BCUT2D eigenvalue weighted by Gasteiger charge is 2.27. The fourth-order valence-corrected chi connectivity index (χ4v) is 5.91. The molecule has 2 N–H and O–H groups in total. The molecule has 3 heterocycles. The van der Waals surface area contributed by atoms with Gasteiger partial charge >= 0.3 is 0 Å². The summed E-state index contributed by atoms with van der Waals surface area (Å²) >= 11 is 0. The van der Waals surface area contributed by atoms with Gasteiger partial charge in [-0.25, -0.2) is 0 Å². The summed E-state index contributed by atoms with van der Waals surface area (Å²) in [5.74, 6) is 1.50. The van der Waals surface area contributed by atoms with Crippen LogP contribution in [0.25, 0.3) is 10.9 Å². The maximum Gasteiger partial charge on any atom is 0.231 e. The molecule has 2 aliphatic heterocycles. The van der Waals surface area contributed by atoms with Crippen LogP contribution in [0.1, 0.15) is 54.4 Å². The first kappa shape index (κ1) is 24.6. The Morgan fingerprint density at radius 1 is 1.03 bits per heavy atom. The second-order valence-corrected chi connectivity index (χ2v) is 10.4. The molecule has 0 spiro atoms. The first-order valence-electron chi connectivity index (χ1n) is 13.7. The fourth-order valence-electron chi connectivity index (χ4n) is 5.91. The summed E-state index contributed by atoms with van der Waals surface area (Å²) < 4.78 is 11.2. The first-order chi connectivity index (χ1) is 18.7. The third kappa shape index (κ3) is 5.14. The molecule has 1 atom stereocenters. The smallest absolute Gasteiger partial charge is 0.231 e. The minimum atomic E-state index is -0.0940. The van der Waals surface area contributed by atoms with Crippen molar-refractivity contribution in [2.24, 2.45) is 0 Å². The van der Waals surface area contributed by atoms with Crippen LogP contribution < -0.4 is 14.8 Å². The van der Waals surface area contributed by atoms with Crippen LogP contribution in [-0.2, 0) is 17.8 Å². The maximum atomic E-state index is 13.5. The number of nitrogens with one attached hydrogen (secondary N) is 2. The monoisotopic (exact) mass is 509 g/mol. The van der Waals surface area contributed by atoms with E-state index in [0.717, 1.165) is 67.0 Å². The SMILES string of the molecule is CCc1cccc2c(C(CC(=O)NC3CCN(Cc4ccccc4)CC3)c3ccc4c(c3)OCO4)c[nH]c12.